The zero-order chi connectivity index (χ0) is 13.4. The average Bonchev–Trinajstić information content (AvgIpc) is 2.36. The molecule has 1 amide bonds. The Kier molecular flexibility index (Phi) is 6.72. The molecule has 1 aromatic rings. The number of hydrogen-bond donors (Lipinski definition) is 3. The number of aliphatic hydroxyl groups excluding tert-OH is 1. The lowest BCUT2D eigenvalue weighted by atomic mass is 10.2. The minimum atomic E-state index is -0.126. The maximum atomic E-state index is 11.7. The SMILES string of the molecule is CC(CCCO)NCC(=O)Nc1ccccc1Cl. The average molecular weight is 271 g/mol. The van der Waals surface area contributed by atoms with Crippen LogP contribution in [0.5, 0.6) is 0 Å². The summed E-state index contributed by atoms with van der Waals surface area (Å²) in [4.78, 5) is 11.7. The number of carbonyl (C=O) groups is 1. The van der Waals surface area contributed by atoms with Crippen LogP contribution in [0.15, 0.2) is 24.3 Å². The van der Waals surface area contributed by atoms with E-state index >= 15 is 0 Å². The van der Waals surface area contributed by atoms with Gasteiger partial charge in [-0.3, -0.25) is 4.79 Å². The van der Waals surface area contributed by atoms with Crippen molar-refractivity contribution in [2.75, 3.05) is 18.5 Å². The van der Waals surface area contributed by atoms with Crippen molar-refractivity contribution < 1.29 is 9.90 Å². The molecule has 1 rings (SSSR count). The van der Waals surface area contributed by atoms with Gasteiger partial charge in [0.1, 0.15) is 0 Å². The second-order valence-corrected chi connectivity index (χ2v) is 4.58. The first-order valence-corrected chi connectivity index (χ1v) is 6.40. The molecule has 0 aliphatic rings. The number of nitrogens with one attached hydrogen (secondary N) is 2. The van der Waals surface area contributed by atoms with Crippen molar-refractivity contribution in [2.45, 2.75) is 25.8 Å². The second-order valence-electron chi connectivity index (χ2n) is 4.18. The number of hydrogen-bond acceptors (Lipinski definition) is 3. The Morgan fingerprint density at radius 3 is 2.83 bits per heavy atom. The number of carbonyl (C=O) groups excluding carboxylic acids is 1. The van der Waals surface area contributed by atoms with E-state index in [1.165, 1.54) is 0 Å². The summed E-state index contributed by atoms with van der Waals surface area (Å²) < 4.78 is 0. The van der Waals surface area contributed by atoms with Crippen LogP contribution < -0.4 is 10.6 Å². The summed E-state index contributed by atoms with van der Waals surface area (Å²) in [6, 6.07) is 7.32. The number of rotatable bonds is 7. The standard InChI is InChI=1S/C13H19ClN2O2/c1-10(5-4-8-17)15-9-13(18)16-12-7-3-2-6-11(12)14/h2-3,6-7,10,15,17H,4-5,8-9H2,1H3,(H,16,18). The van der Waals surface area contributed by atoms with Crippen molar-refractivity contribution >= 4 is 23.2 Å². The molecule has 5 heteroatoms. The van der Waals surface area contributed by atoms with E-state index in [0.29, 0.717) is 10.7 Å². The van der Waals surface area contributed by atoms with Gasteiger partial charge >= 0.3 is 0 Å². The molecule has 4 nitrogen and oxygen atoms in total. The minimum absolute atomic E-state index is 0.126. The summed E-state index contributed by atoms with van der Waals surface area (Å²) in [6.45, 7) is 2.40. The first-order chi connectivity index (χ1) is 8.63. The van der Waals surface area contributed by atoms with Gasteiger partial charge in [0.05, 0.1) is 17.3 Å². The third kappa shape index (κ3) is 5.49. The number of halogens is 1. The van der Waals surface area contributed by atoms with Crippen LogP contribution in [0.4, 0.5) is 5.69 Å². The van der Waals surface area contributed by atoms with Gasteiger partial charge < -0.3 is 15.7 Å². The first-order valence-electron chi connectivity index (χ1n) is 6.02. The molecule has 0 bridgehead atoms. The smallest absolute Gasteiger partial charge is 0.238 e. The van der Waals surface area contributed by atoms with Gasteiger partial charge in [0.15, 0.2) is 0 Å². The topological polar surface area (TPSA) is 61.4 Å². The van der Waals surface area contributed by atoms with Crippen molar-refractivity contribution in [3.63, 3.8) is 0 Å². The summed E-state index contributed by atoms with van der Waals surface area (Å²) in [5.41, 5.74) is 0.619. The van der Waals surface area contributed by atoms with Gasteiger partial charge in [-0.05, 0) is 31.9 Å². The molecular weight excluding hydrogens is 252 g/mol. The molecule has 0 aromatic heterocycles. The lowest BCUT2D eigenvalue weighted by molar-refractivity contribution is -0.115. The minimum Gasteiger partial charge on any atom is -0.396 e. The van der Waals surface area contributed by atoms with E-state index in [9.17, 15) is 4.79 Å². The van der Waals surface area contributed by atoms with Gasteiger partial charge in [0.2, 0.25) is 5.91 Å². The van der Waals surface area contributed by atoms with Crippen LogP contribution in [0.3, 0.4) is 0 Å². The molecule has 0 aliphatic carbocycles. The molecule has 0 heterocycles. The van der Waals surface area contributed by atoms with Crippen LogP contribution in [0.25, 0.3) is 0 Å². The molecule has 0 saturated heterocycles. The Hall–Kier alpha value is -1.10. The molecule has 1 aromatic carbocycles. The van der Waals surface area contributed by atoms with E-state index in [1.807, 2.05) is 19.1 Å². The lowest BCUT2D eigenvalue weighted by Gasteiger charge is -2.13. The van der Waals surface area contributed by atoms with Gasteiger partial charge in [-0.2, -0.15) is 0 Å². The van der Waals surface area contributed by atoms with Crippen LogP contribution >= 0.6 is 11.6 Å². The summed E-state index contributed by atoms with van der Waals surface area (Å²) in [6.07, 6.45) is 1.58. The van der Waals surface area contributed by atoms with E-state index in [4.69, 9.17) is 16.7 Å². The third-order valence-electron chi connectivity index (χ3n) is 2.55. The number of anilines is 1. The maximum Gasteiger partial charge on any atom is 0.238 e. The van der Waals surface area contributed by atoms with Gasteiger partial charge in [-0.1, -0.05) is 23.7 Å². The molecule has 1 atom stereocenters. The normalized spacial score (nSPS) is 12.2. The number of benzene rings is 1. The van der Waals surface area contributed by atoms with Gasteiger partial charge in [-0.25, -0.2) is 0 Å². The number of amides is 1. The molecule has 1 unspecified atom stereocenters. The highest BCUT2D eigenvalue weighted by Gasteiger charge is 2.07. The monoisotopic (exact) mass is 270 g/mol. The Morgan fingerprint density at radius 2 is 2.17 bits per heavy atom. The van der Waals surface area contributed by atoms with Crippen LogP contribution in [-0.2, 0) is 4.79 Å². The van der Waals surface area contributed by atoms with Crippen molar-refractivity contribution in [1.29, 1.82) is 0 Å². The fourth-order valence-corrected chi connectivity index (χ4v) is 1.71. The Labute approximate surface area is 112 Å². The summed E-state index contributed by atoms with van der Waals surface area (Å²) in [7, 11) is 0. The fourth-order valence-electron chi connectivity index (χ4n) is 1.52. The van der Waals surface area contributed by atoms with Crippen LogP contribution in [-0.4, -0.2) is 30.2 Å². The first kappa shape index (κ1) is 15.0. The molecule has 0 fully saturated rings. The van der Waals surface area contributed by atoms with E-state index in [0.717, 1.165) is 12.8 Å². The molecule has 0 aliphatic heterocycles. The highest BCUT2D eigenvalue weighted by Crippen LogP contribution is 2.19. The van der Waals surface area contributed by atoms with E-state index in [2.05, 4.69) is 10.6 Å². The van der Waals surface area contributed by atoms with Crippen molar-refractivity contribution in [2.24, 2.45) is 0 Å². The molecule has 18 heavy (non-hydrogen) atoms. The third-order valence-corrected chi connectivity index (χ3v) is 2.88. The summed E-state index contributed by atoms with van der Waals surface area (Å²) >= 11 is 5.94. The number of para-hydroxylation sites is 1. The predicted octanol–water partition coefficient (Wildman–Crippen LogP) is 2.03. The van der Waals surface area contributed by atoms with Gasteiger partial charge in [-0.15, -0.1) is 0 Å². The zero-order valence-electron chi connectivity index (χ0n) is 10.4. The van der Waals surface area contributed by atoms with Crippen LogP contribution in [0.1, 0.15) is 19.8 Å². The zero-order valence-corrected chi connectivity index (χ0v) is 11.2. The molecule has 0 spiro atoms. The van der Waals surface area contributed by atoms with E-state index in [1.54, 1.807) is 12.1 Å². The molecule has 0 radical (unpaired) electrons. The summed E-state index contributed by atoms with van der Waals surface area (Å²) in [5.74, 6) is -0.126. The predicted molar refractivity (Wildman–Crippen MR) is 73.9 cm³/mol. The second kappa shape index (κ2) is 8.08. The number of aliphatic hydroxyl groups is 1. The van der Waals surface area contributed by atoms with Gasteiger partial charge in [0.25, 0.3) is 0 Å². The van der Waals surface area contributed by atoms with Gasteiger partial charge in [0, 0.05) is 12.6 Å². The fraction of sp³-hybridized carbons (Fsp3) is 0.462. The maximum absolute atomic E-state index is 11.7. The highest BCUT2D eigenvalue weighted by molar-refractivity contribution is 6.33. The summed E-state index contributed by atoms with van der Waals surface area (Å²) in [5, 5.41) is 15.1. The van der Waals surface area contributed by atoms with Crippen molar-refractivity contribution in [1.82, 2.24) is 5.32 Å². The highest BCUT2D eigenvalue weighted by atomic mass is 35.5. The molecule has 100 valence electrons. The van der Waals surface area contributed by atoms with Crippen LogP contribution in [0.2, 0.25) is 5.02 Å². The Morgan fingerprint density at radius 1 is 1.44 bits per heavy atom. The quantitative estimate of drug-likeness (QED) is 0.710. The van der Waals surface area contributed by atoms with E-state index in [-0.39, 0.29) is 25.1 Å². The van der Waals surface area contributed by atoms with E-state index < -0.39 is 0 Å². The van der Waals surface area contributed by atoms with Crippen molar-refractivity contribution in [3.05, 3.63) is 29.3 Å². The Balaban J connectivity index is 2.32. The van der Waals surface area contributed by atoms with Crippen LogP contribution in [0, 0.1) is 0 Å². The molecular formula is C13H19ClN2O2. The lowest BCUT2D eigenvalue weighted by Crippen LogP contribution is -2.34. The molecule has 0 saturated carbocycles. The largest absolute Gasteiger partial charge is 0.396 e. The Bertz CT molecular complexity index is 385. The van der Waals surface area contributed by atoms with Crippen molar-refractivity contribution in [3.8, 4) is 0 Å². The molecule has 3 N–H and O–H groups in total.